The van der Waals surface area contributed by atoms with Crippen molar-refractivity contribution in [2.45, 2.75) is 12.5 Å². The largest absolute Gasteiger partial charge is 0.496 e. The van der Waals surface area contributed by atoms with Gasteiger partial charge in [0, 0.05) is 29.0 Å². The van der Waals surface area contributed by atoms with Gasteiger partial charge >= 0.3 is 0 Å². The van der Waals surface area contributed by atoms with Gasteiger partial charge in [-0.15, -0.1) is 0 Å². The van der Waals surface area contributed by atoms with Crippen molar-refractivity contribution >= 4 is 21.8 Å². The van der Waals surface area contributed by atoms with Gasteiger partial charge in [-0.3, -0.25) is 4.79 Å². The van der Waals surface area contributed by atoms with E-state index in [9.17, 15) is 4.79 Å². The van der Waals surface area contributed by atoms with E-state index in [-0.39, 0.29) is 11.8 Å². The van der Waals surface area contributed by atoms with Crippen molar-refractivity contribution in [3.63, 3.8) is 0 Å². The highest BCUT2D eigenvalue weighted by Crippen LogP contribution is 2.41. The molecular weight excluding hydrogens is 354 g/mol. The number of ether oxygens (including phenoxy) is 1. The predicted molar refractivity (Wildman–Crippen MR) is 94.6 cm³/mol. The summed E-state index contributed by atoms with van der Waals surface area (Å²) in [5.41, 5.74) is 3.46. The number of rotatable bonds is 3. The monoisotopic (exact) mass is 371 g/mol. The number of hydrogen-bond acceptors (Lipinski definition) is 2. The van der Waals surface area contributed by atoms with E-state index in [2.05, 4.69) is 34.6 Å². The molecule has 1 heterocycles. The van der Waals surface area contributed by atoms with Gasteiger partial charge in [-0.2, -0.15) is 0 Å². The van der Waals surface area contributed by atoms with Gasteiger partial charge in [0.1, 0.15) is 5.75 Å². The smallest absolute Gasteiger partial charge is 0.246 e. The summed E-state index contributed by atoms with van der Waals surface area (Å²) in [6.45, 7) is 4.83. The number of nitrogens with zero attached hydrogens (tertiary/aromatic N) is 1. The average molecular weight is 372 g/mol. The van der Waals surface area contributed by atoms with Crippen LogP contribution in [0.4, 0.5) is 0 Å². The summed E-state index contributed by atoms with van der Waals surface area (Å²) in [4.78, 5) is 14.0. The Morgan fingerprint density at radius 1 is 1.30 bits per heavy atom. The van der Waals surface area contributed by atoms with Gasteiger partial charge in [-0.1, -0.05) is 52.8 Å². The van der Waals surface area contributed by atoms with Gasteiger partial charge in [0.05, 0.1) is 7.11 Å². The van der Waals surface area contributed by atoms with E-state index in [0.717, 1.165) is 21.3 Å². The molecule has 1 amide bonds. The second-order valence-electron chi connectivity index (χ2n) is 5.53. The quantitative estimate of drug-likeness (QED) is 0.759. The maximum Gasteiger partial charge on any atom is 0.246 e. The van der Waals surface area contributed by atoms with Crippen LogP contribution in [-0.4, -0.2) is 24.5 Å². The fraction of sp³-hybridized carbons (Fsp3) is 0.211. The summed E-state index contributed by atoms with van der Waals surface area (Å²) in [5.74, 6) is 0.858. The van der Waals surface area contributed by atoms with Gasteiger partial charge in [-0.25, -0.2) is 0 Å². The third-order valence-electron chi connectivity index (χ3n) is 4.26. The Labute approximate surface area is 144 Å². The van der Waals surface area contributed by atoms with Crippen LogP contribution in [-0.2, 0) is 11.3 Å². The minimum atomic E-state index is -0.0458. The zero-order valence-corrected chi connectivity index (χ0v) is 14.5. The first-order chi connectivity index (χ1) is 11.2. The second kappa shape index (κ2) is 6.59. The zero-order valence-electron chi connectivity index (χ0n) is 13.0. The molecule has 0 saturated heterocycles. The molecule has 3 nitrogen and oxygen atoms in total. The second-order valence-corrected chi connectivity index (χ2v) is 6.38. The molecule has 0 N–H and O–H groups in total. The highest BCUT2D eigenvalue weighted by molar-refractivity contribution is 9.10. The predicted octanol–water partition coefficient (Wildman–Crippen LogP) is 4.12. The van der Waals surface area contributed by atoms with E-state index in [1.165, 1.54) is 11.6 Å². The fourth-order valence-electron chi connectivity index (χ4n) is 3.20. The molecule has 1 aliphatic rings. The molecule has 0 aromatic heterocycles. The highest BCUT2D eigenvalue weighted by Gasteiger charge is 2.31. The molecule has 4 heteroatoms. The highest BCUT2D eigenvalue weighted by atomic mass is 79.9. The Balaban J connectivity index is 2.14. The summed E-state index contributed by atoms with van der Waals surface area (Å²) in [7, 11) is 1.68. The Bertz CT molecular complexity index is 757. The molecule has 23 heavy (non-hydrogen) atoms. The molecule has 1 aliphatic heterocycles. The van der Waals surface area contributed by atoms with E-state index >= 15 is 0 Å². The maximum atomic E-state index is 12.2. The number of hydrogen-bond donors (Lipinski definition) is 0. The topological polar surface area (TPSA) is 29.5 Å². The Morgan fingerprint density at radius 2 is 2.09 bits per heavy atom. The lowest BCUT2D eigenvalue weighted by Gasteiger charge is -2.35. The van der Waals surface area contributed by atoms with Gasteiger partial charge in [0.15, 0.2) is 0 Å². The van der Waals surface area contributed by atoms with Crippen LogP contribution in [0.1, 0.15) is 22.6 Å². The van der Waals surface area contributed by atoms with Crippen LogP contribution in [0, 0.1) is 0 Å². The van der Waals surface area contributed by atoms with E-state index in [1.54, 1.807) is 7.11 Å². The summed E-state index contributed by atoms with van der Waals surface area (Å²) in [6, 6.07) is 14.1. The van der Waals surface area contributed by atoms with Gasteiger partial charge in [-0.05, 0) is 29.3 Å². The van der Waals surface area contributed by atoms with Crippen LogP contribution < -0.4 is 4.74 Å². The number of amides is 1. The minimum absolute atomic E-state index is 0.0458. The van der Waals surface area contributed by atoms with Gasteiger partial charge in [0.25, 0.3) is 0 Å². The zero-order chi connectivity index (χ0) is 16.4. The summed E-state index contributed by atoms with van der Waals surface area (Å²) >= 11 is 3.68. The van der Waals surface area contributed by atoms with Gasteiger partial charge < -0.3 is 9.64 Å². The summed E-state index contributed by atoms with van der Waals surface area (Å²) in [6.07, 6.45) is 1.38. The van der Waals surface area contributed by atoms with E-state index < -0.39 is 0 Å². The molecule has 1 atom stereocenters. The van der Waals surface area contributed by atoms with Crippen LogP contribution in [0.25, 0.3) is 0 Å². The van der Waals surface area contributed by atoms with Gasteiger partial charge in [0.2, 0.25) is 5.91 Å². The average Bonchev–Trinajstić information content (AvgIpc) is 2.60. The van der Waals surface area contributed by atoms with E-state index in [0.29, 0.717) is 13.1 Å². The number of carbonyl (C=O) groups is 1. The molecular formula is C19H18BrNO2. The molecule has 0 aliphatic carbocycles. The SMILES string of the molecule is C=CC(=O)N1Cc2cccc(Br)c2[C@@H](c2ccccc2OC)C1. The number of carbonyl (C=O) groups excluding carboxylic acids is 1. The lowest BCUT2D eigenvalue weighted by atomic mass is 9.84. The Hall–Kier alpha value is -2.07. The third-order valence-corrected chi connectivity index (χ3v) is 4.95. The first-order valence-corrected chi connectivity index (χ1v) is 8.26. The number of fused-ring (bicyclic) bond motifs is 1. The Kier molecular flexibility index (Phi) is 4.53. The van der Waals surface area contributed by atoms with Crippen molar-refractivity contribution in [1.82, 2.24) is 4.90 Å². The van der Waals surface area contributed by atoms with Crippen molar-refractivity contribution < 1.29 is 9.53 Å². The maximum absolute atomic E-state index is 12.2. The number of benzene rings is 2. The van der Waals surface area contributed by atoms with Crippen molar-refractivity contribution in [2.75, 3.05) is 13.7 Å². The van der Waals surface area contributed by atoms with E-state index in [4.69, 9.17) is 4.74 Å². The normalized spacial score (nSPS) is 16.6. The van der Waals surface area contributed by atoms with Crippen molar-refractivity contribution in [3.8, 4) is 5.75 Å². The first kappa shape index (κ1) is 15.8. The lowest BCUT2D eigenvalue weighted by Crippen LogP contribution is -2.38. The molecule has 0 radical (unpaired) electrons. The molecule has 0 fully saturated rings. The molecule has 0 bridgehead atoms. The molecule has 2 aromatic rings. The molecule has 0 saturated carbocycles. The van der Waals surface area contributed by atoms with Crippen LogP contribution in [0.5, 0.6) is 5.75 Å². The number of halogens is 1. The molecule has 0 spiro atoms. The first-order valence-electron chi connectivity index (χ1n) is 7.47. The third kappa shape index (κ3) is 2.91. The number of methoxy groups -OCH3 is 1. The number of para-hydroxylation sites is 1. The molecule has 3 rings (SSSR count). The van der Waals surface area contributed by atoms with E-state index in [1.807, 2.05) is 35.2 Å². The van der Waals surface area contributed by atoms with Crippen LogP contribution in [0.15, 0.2) is 59.6 Å². The lowest BCUT2D eigenvalue weighted by molar-refractivity contribution is -0.127. The van der Waals surface area contributed by atoms with Crippen molar-refractivity contribution in [1.29, 1.82) is 0 Å². The minimum Gasteiger partial charge on any atom is -0.496 e. The van der Waals surface area contributed by atoms with Crippen LogP contribution >= 0.6 is 15.9 Å². The van der Waals surface area contributed by atoms with Crippen molar-refractivity contribution in [2.24, 2.45) is 0 Å². The van der Waals surface area contributed by atoms with Crippen LogP contribution in [0.2, 0.25) is 0 Å². The van der Waals surface area contributed by atoms with Crippen molar-refractivity contribution in [3.05, 3.63) is 76.3 Å². The van der Waals surface area contributed by atoms with Crippen LogP contribution in [0.3, 0.4) is 0 Å². The molecule has 2 aromatic carbocycles. The summed E-state index contributed by atoms with van der Waals surface area (Å²) < 4.78 is 6.60. The molecule has 118 valence electrons. The molecule has 0 unspecified atom stereocenters. The Morgan fingerprint density at radius 3 is 2.83 bits per heavy atom. The standard InChI is InChI=1S/C19H18BrNO2/c1-3-18(22)21-11-13-7-6-9-16(20)19(13)15(12-21)14-8-4-5-10-17(14)23-2/h3-10,15H,1,11-12H2,2H3/t15-/m1/s1. The summed E-state index contributed by atoms with van der Waals surface area (Å²) in [5, 5.41) is 0. The fourth-order valence-corrected chi connectivity index (χ4v) is 3.88.